The van der Waals surface area contributed by atoms with Gasteiger partial charge in [0.2, 0.25) is 5.91 Å². The third kappa shape index (κ3) is 2.27. The van der Waals surface area contributed by atoms with Crippen molar-refractivity contribution >= 4 is 35.1 Å². The van der Waals surface area contributed by atoms with Gasteiger partial charge in [-0.15, -0.1) is 23.5 Å². The van der Waals surface area contributed by atoms with E-state index in [9.17, 15) is 4.79 Å². The van der Waals surface area contributed by atoms with Crippen LogP contribution in [0.15, 0.2) is 29.2 Å². The number of fused-ring (bicyclic) bond motifs is 1. The van der Waals surface area contributed by atoms with E-state index in [1.165, 1.54) is 4.90 Å². The number of rotatable bonds is 1. The molecule has 3 rings (SSSR count). The van der Waals surface area contributed by atoms with Crippen LogP contribution in [-0.4, -0.2) is 35.4 Å². The first-order chi connectivity index (χ1) is 8.75. The standard InChI is InChI=1S/C13H16N2OS2/c1-9-6-15(13(16)10-7-17-8-14-10)11-4-2-3-5-12(11)18-9/h2-5,9-10,14H,6-8H2,1H3. The summed E-state index contributed by atoms with van der Waals surface area (Å²) in [5, 5.41) is 3.72. The predicted molar refractivity (Wildman–Crippen MR) is 78.4 cm³/mol. The van der Waals surface area contributed by atoms with Gasteiger partial charge in [-0.05, 0) is 12.1 Å². The molecular weight excluding hydrogens is 264 g/mol. The quantitative estimate of drug-likeness (QED) is 0.854. The lowest BCUT2D eigenvalue weighted by atomic mass is 10.2. The van der Waals surface area contributed by atoms with Crippen molar-refractivity contribution in [1.29, 1.82) is 0 Å². The number of benzene rings is 1. The first-order valence-corrected chi connectivity index (χ1v) is 8.17. The Labute approximate surface area is 116 Å². The highest BCUT2D eigenvalue weighted by Crippen LogP contribution is 2.38. The molecule has 0 aromatic heterocycles. The Kier molecular flexibility index (Phi) is 3.54. The van der Waals surface area contributed by atoms with E-state index in [1.54, 1.807) is 11.8 Å². The van der Waals surface area contributed by atoms with Crippen molar-refractivity contribution in [3.8, 4) is 0 Å². The molecule has 1 saturated heterocycles. The van der Waals surface area contributed by atoms with Gasteiger partial charge in [0.15, 0.2) is 0 Å². The molecule has 0 spiro atoms. The third-order valence-corrected chi connectivity index (χ3v) is 5.29. The SMILES string of the molecule is CC1CN(C(=O)C2CSCN2)c2ccccc2S1. The Morgan fingerprint density at radius 2 is 2.28 bits per heavy atom. The van der Waals surface area contributed by atoms with Gasteiger partial charge in [-0.25, -0.2) is 0 Å². The molecule has 1 aromatic carbocycles. The molecule has 5 heteroatoms. The van der Waals surface area contributed by atoms with E-state index in [0.29, 0.717) is 5.25 Å². The molecule has 2 atom stereocenters. The van der Waals surface area contributed by atoms with Crippen molar-refractivity contribution in [3.05, 3.63) is 24.3 Å². The number of thioether (sulfide) groups is 2. The monoisotopic (exact) mass is 280 g/mol. The summed E-state index contributed by atoms with van der Waals surface area (Å²) in [5.41, 5.74) is 1.07. The highest BCUT2D eigenvalue weighted by molar-refractivity contribution is 8.00. The summed E-state index contributed by atoms with van der Waals surface area (Å²) in [6, 6.07) is 8.18. The minimum Gasteiger partial charge on any atom is -0.309 e. The molecule has 2 aliphatic rings. The molecule has 0 radical (unpaired) electrons. The minimum atomic E-state index is -0.0154. The molecule has 1 fully saturated rings. The average Bonchev–Trinajstić information content (AvgIpc) is 2.90. The van der Waals surface area contributed by atoms with Crippen molar-refractivity contribution in [2.45, 2.75) is 23.1 Å². The van der Waals surface area contributed by atoms with Crippen molar-refractivity contribution in [2.75, 3.05) is 23.1 Å². The van der Waals surface area contributed by atoms with Crippen LogP contribution in [0.4, 0.5) is 5.69 Å². The van der Waals surface area contributed by atoms with Gasteiger partial charge in [0.1, 0.15) is 0 Å². The second-order valence-electron chi connectivity index (χ2n) is 4.62. The predicted octanol–water partition coefficient (Wildman–Crippen LogP) is 2.18. The summed E-state index contributed by atoms with van der Waals surface area (Å²) in [5.74, 6) is 1.99. The van der Waals surface area contributed by atoms with E-state index in [2.05, 4.69) is 18.3 Å². The fraction of sp³-hybridized carbons (Fsp3) is 0.462. The molecular formula is C13H16N2OS2. The van der Waals surface area contributed by atoms with Gasteiger partial charge in [-0.1, -0.05) is 19.1 Å². The van der Waals surface area contributed by atoms with Crippen LogP contribution in [0.1, 0.15) is 6.92 Å². The van der Waals surface area contributed by atoms with Crippen LogP contribution in [0, 0.1) is 0 Å². The van der Waals surface area contributed by atoms with Gasteiger partial charge in [0.25, 0.3) is 0 Å². The van der Waals surface area contributed by atoms with Crippen LogP contribution in [0.5, 0.6) is 0 Å². The Balaban J connectivity index is 1.89. The van der Waals surface area contributed by atoms with Crippen LogP contribution in [-0.2, 0) is 4.79 Å². The molecule has 0 bridgehead atoms. The van der Waals surface area contributed by atoms with Crippen LogP contribution < -0.4 is 10.2 Å². The second kappa shape index (κ2) is 5.15. The lowest BCUT2D eigenvalue weighted by Gasteiger charge is -2.34. The fourth-order valence-corrected chi connectivity index (χ4v) is 4.39. The van der Waals surface area contributed by atoms with E-state index in [-0.39, 0.29) is 11.9 Å². The summed E-state index contributed by atoms with van der Waals surface area (Å²) in [4.78, 5) is 15.7. The maximum Gasteiger partial charge on any atom is 0.245 e. The van der Waals surface area contributed by atoms with Gasteiger partial charge in [0, 0.05) is 28.3 Å². The topological polar surface area (TPSA) is 32.3 Å². The number of nitrogens with zero attached hydrogens (tertiary/aromatic N) is 1. The molecule has 1 amide bonds. The van der Waals surface area contributed by atoms with Gasteiger partial charge in [-0.3, -0.25) is 10.1 Å². The summed E-state index contributed by atoms with van der Waals surface area (Å²) in [7, 11) is 0. The molecule has 96 valence electrons. The molecule has 1 N–H and O–H groups in total. The van der Waals surface area contributed by atoms with Crippen molar-refractivity contribution in [3.63, 3.8) is 0 Å². The number of carbonyl (C=O) groups excluding carboxylic acids is 1. The summed E-state index contributed by atoms with van der Waals surface area (Å²) in [6.07, 6.45) is 0. The number of hydrogen-bond acceptors (Lipinski definition) is 4. The number of anilines is 1. The van der Waals surface area contributed by atoms with E-state index >= 15 is 0 Å². The molecule has 0 saturated carbocycles. The third-order valence-electron chi connectivity index (χ3n) is 3.20. The van der Waals surface area contributed by atoms with E-state index < -0.39 is 0 Å². The Hall–Kier alpha value is -0.650. The number of para-hydroxylation sites is 1. The maximum absolute atomic E-state index is 12.5. The van der Waals surface area contributed by atoms with Gasteiger partial charge in [0.05, 0.1) is 11.7 Å². The molecule has 2 unspecified atom stereocenters. The lowest BCUT2D eigenvalue weighted by molar-refractivity contribution is -0.119. The normalized spacial score (nSPS) is 27.1. The number of amides is 1. The zero-order chi connectivity index (χ0) is 12.5. The average molecular weight is 280 g/mol. The van der Waals surface area contributed by atoms with Gasteiger partial charge in [-0.2, -0.15) is 0 Å². The van der Waals surface area contributed by atoms with Crippen molar-refractivity contribution < 1.29 is 4.79 Å². The van der Waals surface area contributed by atoms with E-state index in [1.807, 2.05) is 34.9 Å². The smallest absolute Gasteiger partial charge is 0.245 e. The zero-order valence-electron chi connectivity index (χ0n) is 10.3. The molecule has 1 aromatic rings. The maximum atomic E-state index is 12.5. The van der Waals surface area contributed by atoms with E-state index in [0.717, 1.165) is 23.9 Å². The summed E-state index contributed by atoms with van der Waals surface area (Å²) in [6.45, 7) is 2.99. The van der Waals surface area contributed by atoms with Crippen LogP contribution >= 0.6 is 23.5 Å². The summed E-state index contributed by atoms with van der Waals surface area (Å²) < 4.78 is 0. The second-order valence-corrected chi connectivity index (χ2v) is 7.13. The number of nitrogens with one attached hydrogen (secondary N) is 1. The van der Waals surface area contributed by atoms with Crippen molar-refractivity contribution in [2.24, 2.45) is 0 Å². The van der Waals surface area contributed by atoms with E-state index in [4.69, 9.17) is 0 Å². The Morgan fingerprint density at radius 3 is 3.06 bits per heavy atom. The Bertz CT molecular complexity index is 460. The van der Waals surface area contributed by atoms with Crippen LogP contribution in [0.25, 0.3) is 0 Å². The highest BCUT2D eigenvalue weighted by Gasteiger charge is 2.32. The Morgan fingerprint density at radius 1 is 1.44 bits per heavy atom. The molecule has 18 heavy (non-hydrogen) atoms. The lowest BCUT2D eigenvalue weighted by Crippen LogP contribution is -2.48. The molecule has 2 aliphatic heterocycles. The number of carbonyl (C=O) groups is 1. The van der Waals surface area contributed by atoms with Gasteiger partial charge < -0.3 is 4.90 Å². The molecule has 3 nitrogen and oxygen atoms in total. The number of hydrogen-bond donors (Lipinski definition) is 1. The molecule has 2 heterocycles. The van der Waals surface area contributed by atoms with Crippen molar-refractivity contribution in [1.82, 2.24) is 5.32 Å². The summed E-state index contributed by atoms with van der Waals surface area (Å²) >= 11 is 3.65. The van der Waals surface area contributed by atoms with Crippen LogP contribution in [0.2, 0.25) is 0 Å². The zero-order valence-corrected chi connectivity index (χ0v) is 11.9. The first kappa shape index (κ1) is 12.4. The fourth-order valence-electron chi connectivity index (χ4n) is 2.34. The van der Waals surface area contributed by atoms with Crippen LogP contribution in [0.3, 0.4) is 0 Å². The first-order valence-electron chi connectivity index (χ1n) is 6.14. The molecule has 0 aliphatic carbocycles. The highest BCUT2D eigenvalue weighted by atomic mass is 32.2. The van der Waals surface area contributed by atoms with Gasteiger partial charge >= 0.3 is 0 Å². The largest absolute Gasteiger partial charge is 0.309 e. The minimum absolute atomic E-state index is 0.0154.